The van der Waals surface area contributed by atoms with Gasteiger partial charge in [0.25, 0.3) is 0 Å². The SMILES string of the molecule is CCOC(=O)[C@@H]1C(=O)N(CCC(C)C)c2nc3ccccc3n2[C@@H]1c1cc(OC)c(OC)cc1OC. The Hall–Kier alpha value is -3.75. The minimum Gasteiger partial charge on any atom is -0.496 e. The van der Waals surface area contributed by atoms with Crippen LogP contribution >= 0.6 is 0 Å². The van der Waals surface area contributed by atoms with Crippen LogP contribution in [-0.4, -0.2) is 55.9 Å². The summed E-state index contributed by atoms with van der Waals surface area (Å²) < 4.78 is 24.1. The highest BCUT2D eigenvalue weighted by molar-refractivity contribution is 6.08. The van der Waals surface area contributed by atoms with Crippen molar-refractivity contribution in [2.45, 2.75) is 33.2 Å². The number of imidazole rings is 1. The van der Waals surface area contributed by atoms with Gasteiger partial charge < -0.3 is 23.5 Å². The summed E-state index contributed by atoms with van der Waals surface area (Å²) >= 11 is 0. The van der Waals surface area contributed by atoms with Crippen molar-refractivity contribution >= 4 is 28.9 Å². The van der Waals surface area contributed by atoms with Gasteiger partial charge in [0.2, 0.25) is 11.9 Å². The number of anilines is 1. The molecule has 3 aromatic rings. The van der Waals surface area contributed by atoms with Crippen molar-refractivity contribution in [3.8, 4) is 17.2 Å². The van der Waals surface area contributed by atoms with E-state index in [0.717, 1.165) is 17.5 Å². The molecule has 2 atom stereocenters. The minimum atomic E-state index is -1.14. The first-order valence-corrected chi connectivity index (χ1v) is 12.1. The maximum Gasteiger partial charge on any atom is 0.321 e. The molecule has 2 aromatic carbocycles. The maximum absolute atomic E-state index is 14.0. The average Bonchev–Trinajstić information content (AvgIpc) is 3.25. The highest BCUT2D eigenvalue weighted by atomic mass is 16.5. The molecule has 0 bridgehead atoms. The van der Waals surface area contributed by atoms with Crippen molar-refractivity contribution in [1.29, 1.82) is 0 Å². The Morgan fingerprint density at radius 1 is 1.03 bits per heavy atom. The van der Waals surface area contributed by atoms with Crippen molar-refractivity contribution in [2.24, 2.45) is 11.8 Å². The zero-order valence-corrected chi connectivity index (χ0v) is 21.6. The molecule has 36 heavy (non-hydrogen) atoms. The fourth-order valence-corrected chi connectivity index (χ4v) is 4.71. The van der Waals surface area contributed by atoms with Gasteiger partial charge in [-0.2, -0.15) is 0 Å². The molecule has 0 fully saturated rings. The van der Waals surface area contributed by atoms with E-state index in [1.807, 2.05) is 28.8 Å². The molecule has 1 aliphatic rings. The second-order valence-electron chi connectivity index (χ2n) is 9.07. The fraction of sp³-hybridized carbons (Fsp3) is 0.444. The van der Waals surface area contributed by atoms with Crippen LogP contribution in [0.4, 0.5) is 5.95 Å². The molecule has 1 amide bonds. The van der Waals surface area contributed by atoms with Crippen molar-refractivity contribution in [1.82, 2.24) is 9.55 Å². The predicted octanol–water partition coefficient (Wildman–Crippen LogP) is 4.22. The molecule has 0 aliphatic carbocycles. The molecule has 9 heteroatoms. The van der Waals surface area contributed by atoms with Gasteiger partial charge in [0.1, 0.15) is 5.75 Å². The van der Waals surface area contributed by atoms with E-state index in [2.05, 4.69) is 13.8 Å². The molecule has 1 aromatic heterocycles. The Bertz CT molecular complexity index is 1270. The molecule has 0 saturated heterocycles. The van der Waals surface area contributed by atoms with E-state index in [0.29, 0.717) is 41.2 Å². The summed E-state index contributed by atoms with van der Waals surface area (Å²) in [6, 6.07) is 10.3. The van der Waals surface area contributed by atoms with E-state index in [1.54, 1.807) is 24.0 Å². The number of fused-ring (bicyclic) bond motifs is 3. The third kappa shape index (κ3) is 4.34. The molecule has 4 rings (SSSR count). The summed E-state index contributed by atoms with van der Waals surface area (Å²) in [5.74, 6) is 0.151. The smallest absolute Gasteiger partial charge is 0.321 e. The van der Waals surface area contributed by atoms with E-state index < -0.39 is 17.9 Å². The summed E-state index contributed by atoms with van der Waals surface area (Å²) in [4.78, 5) is 33.9. The lowest BCUT2D eigenvalue weighted by Crippen LogP contribution is -2.50. The molecular weight excluding hydrogens is 462 g/mol. The first-order chi connectivity index (χ1) is 17.4. The number of benzene rings is 2. The lowest BCUT2D eigenvalue weighted by molar-refractivity contribution is -0.153. The molecule has 192 valence electrons. The van der Waals surface area contributed by atoms with Crippen molar-refractivity contribution in [3.05, 3.63) is 42.0 Å². The van der Waals surface area contributed by atoms with Crippen molar-refractivity contribution < 1.29 is 28.5 Å². The molecule has 0 unspecified atom stereocenters. The largest absolute Gasteiger partial charge is 0.496 e. The summed E-state index contributed by atoms with van der Waals surface area (Å²) in [5.41, 5.74) is 2.11. The van der Waals surface area contributed by atoms with Crippen LogP contribution in [0.3, 0.4) is 0 Å². The Labute approximate surface area is 210 Å². The summed E-state index contributed by atoms with van der Waals surface area (Å²) in [6.45, 7) is 6.51. The third-order valence-corrected chi connectivity index (χ3v) is 6.47. The lowest BCUT2D eigenvalue weighted by atomic mass is 9.88. The number of esters is 1. The van der Waals surface area contributed by atoms with E-state index in [-0.39, 0.29) is 12.5 Å². The number of carbonyl (C=O) groups excluding carboxylic acids is 2. The molecule has 2 heterocycles. The highest BCUT2D eigenvalue weighted by Gasteiger charge is 2.49. The molecule has 0 spiro atoms. The van der Waals surface area contributed by atoms with Gasteiger partial charge in [0.15, 0.2) is 17.4 Å². The molecule has 9 nitrogen and oxygen atoms in total. The van der Waals surface area contributed by atoms with Crippen LogP contribution in [0.1, 0.15) is 38.8 Å². The zero-order chi connectivity index (χ0) is 26.0. The summed E-state index contributed by atoms with van der Waals surface area (Å²) in [5, 5.41) is 0. The Morgan fingerprint density at radius 2 is 1.69 bits per heavy atom. The maximum atomic E-state index is 14.0. The number of aromatic nitrogens is 2. The second-order valence-corrected chi connectivity index (χ2v) is 9.07. The second kappa shape index (κ2) is 10.5. The van der Waals surface area contributed by atoms with Crippen LogP contribution in [0.15, 0.2) is 36.4 Å². The Balaban J connectivity index is 2.04. The number of methoxy groups -OCH3 is 3. The van der Waals surface area contributed by atoms with Gasteiger partial charge in [0.05, 0.1) is 45.0 Å². The standard InChI is InChI=1S/C27H33N3O6/c1-7-36-26(32)23-24(17-14-21(34-5)22(35-6)15-20(17)33-4)30-19-11-9-8-10-18(19)28-27(30)29(25(23)31)13-12-16(2)3/h8-11,14-16,23-24H,7,12-13H2,1-6H3/t23-,24+/m0/s1. The van der Waals surface area contributed by atoms with Gasteiger partial charge >= 0.3 is 5.97 Å². The fourth-order valence-electron chi connectivity index (χ4n) is 4.71. The van der Waals surface area contributed by atoms with Crippen molar-refractivity contribution in [2.75, 3.05) is 39.4 Å². The average molecular weight is 496 g/mol. The van der Waals surface area contributed by atoms with Gasteiger partial charge in [0, 0.05) is 18.2 Å². The van der Waals surface area contributed by atoms with Crippen LogP contribution in [0, 0.1) is 11.8 Å². The van der Waals surface area contributed by atoms with Crippen LogP contribution in [0.5, 0.6) is 17.2 Å². The molecule has 1 aliphatic heterocycles. The molecule has 0 radical (unpaired) electrons. The van der Waals surface area contributed by atoms with Crippen LogP contribution < -0.4 is 19.1 Å². The molecule has 0 saturated carbocycles. The van der Waals surface area contributed by atoms with Crippen LogP contribution in [0.25, 0.3) is 11.0 Å². The first kappa shape index (κ1) is 25.3. The Morgan fingerprint density at radius 3 is 2.33 bits per heavy atom. The van der Waals surface area contributed by atoms with Gasteiger partial charge in [-0.3, -0.25) is 14.5 Å². The number of para-hydroxylation sites is 2. The molecule has 0 N–H and O–H groups in total. The van der Waals surface area contributed by atoms with E-state index in [1.165, 1.54) is 21.3 Å². The van der Waals surface area contributed by atoms with E-state index in [4.69, 9.17) is 23.9 Å². The van der Waals surface area contributed by atoms with Gasteiger partial charge in [-0.15, -0.1) is 0 Å². The number of carbonyl (C=O) groups is 2. The van der Waals surface area contributed by atoms with E-state index in [9.17, 15) is 9.59 Å². The van der Waals surface area contributed by atoms with Crippen LogP contribution in [-0.2, 0) is 14.3 Å². The molecular formula is C27H33N3O6. The third-order valence-electron chi connectivity index (χ3n) is 6.47. The monoisotopic (exact) mass is 495 g/mol. The number of hydrogen-bond acceptors (Lipinski definition) is 7. The van der Waals surface area contributed by atoms with Gasteiger partial charge in [-0.1, -0.05) is 26.0 Å². The number of nitrogens with zero attached hydrogens (tertiary/aromatic N) is 3. The summed E-state index contributed by atoms with van der Waals surface area (Å²) in [7, 11) is 4.61. The number of hydrogen-bond donors (Lipinski definition) is 0. The topological polar surface area (TPSA) is 92.1 Å². The zero-order valence-electron chi connectivity index (χ0n) is 21.6. The van der Waals surface area contributed by atoms with Crippen molar-refractivity contribution in [3.63, 3.8) is 0 Å². The van der Waals surface area contributed by atoms with Crippen LogP contribution in [0.2, 0.25) is 0 Å². The highest BCUT2D eigenvalue weighted by Crippen LogP contribution is 2.47. The summed E-state index contributed by atoms with van der Waals surface area (Å²) in [6.07, 6.45) is 0.759. The quantitative estimate of drug-likeness (QED) is 0.324. The predicted molar refractivity (Wildman–Crippen MR) is 136 cm³/mol. The van der Waals surface area contributed by atoms with Gasteiger partial charge in [-0.05, 0) is 37.5 Å². The Kier molecular flexibility index (Phi) is 7.37. The number of amides is 1. The number of ether oxygens (including phenoxy) is 4. The van der Waals surface area contributed by atoms with Gasteiger partial charge in [-0.25, -0.2) is 4.98 Å². The number of rotatable bonds is 9. The normalized spacial score (nSPS) is 17.3. The lowest BCUT2D eigenvalue weighted by Gasteiger charge is -2.38. The first-order valence-electron chi connectivity index (χ1n) is 12.1. The van der Waals surface area contributed by atoms with E-state index >= 15 is 0 Å². The minimum absolute atomic E-state index is 0.155.